The zero-order chi connectivity index (χ0) is 15.9. The highest BCUT2D eigenvalue weighted by molar-refractivity contribution is 7.85. The van der Waals surface area contributed by atoms with Gasteiger partial charge in [0, 0.05) is 39.4 Å². The summed E-state index contributed by atoms with van der Waals surface area (Å²) >= 11 is 5.92. The molecule has 1 fully saturated rings. The van der Waals surface area contributed by atoms with E-state index in [2.05, 4.69) is 10.6 Å². The SMILES string of the molecule is CC[S@](=O)[C@@H]1CCC[C@@H](NC(=O)NCc2cccc(Cl)c2)C1. The highest BCUT2D eigenvalue weighted by Crippen LogP contribution is 2.23. The van der Waals surface area contributed by atoms with Gasteiger partial charge in [-0.15, -0.1) is 0 Å². The van der Waals surface area contributed by atoms with Crippen LogP contribution in [0.1, 0.15) is 38.2 Å². The lowest BCUT2D eigenvalue weighted by Gasteiger charge is -2.29. The van der Waals surface area contributed by atoms with Crippen molar-refractivity contribution in [1.82, 2.24) is 10.6 Å². The first-order chi connectivity index (χ1) is 10.6. The molecule has 2 rings (SSSR count). The number of urea groups is 1. The molecule has 4 nitrogen and oxygen atoms in total. The summed E-state index contributed by atoms with van der Waals surface area (Å²) in [4.78, 5) is 12.0. The van der Waals surface area contributed by atoms with Crippen molar-refractivity contribution in [2.75, 3.05) is 5.75 Å². The van der Waals surface area contributed by atoms with E-state index in [0.717, 1.165) is 31.2 Å². The second kappa shape index (κ2) is 8.53. The highest BCUT2D eigenvalue weighted by Gasteiger charge is 2.26. The largest absolute Gasteiger partial charge is 0.335 e. The third-order valence-corrected chi connectivity index (χ3v) is 5.94. The van der Waals surface area contributed by atoms with Crippen LogP contribution in [0.25, 0.3) is 0 Å². The number of nitrogens with one attached hydrogen (secondary N) is 2. The lowest BCUT2D eigenvalue weighted by atomic mass is 9.95. The van der Waals surface area contributed by atoms with E-state index in [1.165, 1.54) is 0 Å². The van der Waals surface area contributed by atoms with E-state index >= 15 is 0 Å². The van der Waals surface area contributed by atoms with Crippen LogP contribution in [0.5, 0.6) is 0 Å². The average molecular weight is 343 g/mol. The van der Waals surface area contributed by atoms with Gasteiger partial charge in [-0.05, 0) is 37.0 Å². The van der Waals surface area contributed by atoms with Crippen molar-refractivity contribution in [1.29, 1.82) is 0 Å². The molecule has 0 unspecified atom stereocenters. The maximum Gasteiger partial charge on any atom is 0.315 e. The molecule has 1 saturated carbocycles. The average Bonchev–Trinajstić information content (AvgIpc) is 2.52. The number of hydrogen-bond acceptors (Lipinski definition) is 2. The number of carbonyl (C=O) groups is 1. The van der Waals surface area contributed by atoms with Crippen LogP contribution in [0, 0.1) is 0 Å². The molecule has 0 bridgehead atoms. The van der Waals surface area contributed by atoms with Gasteiger partial charge < -0.3 is 10.6 Å². The molecule has 3 atom stereocenters. The molecule has 0 radical (unpaired) electrons. The molecule has 6 heteroatoms. The molecular formula is C16H23ClN2O2S. The van der Waals surface area contributed by atoms with E-state index < -0.39 is 10.8 Å². The van der Waals surface area contributed by atoms with E-state index in [9.17, 15) is 9.00 Å². The lowest BCUT2D eigenvalue weighted by Crippen LogP contribution is -2.45. The highest BCUT2D eigenvalue weighted by atomic mass is 35.5. The summed E-state index contributed by atoms with van der Waals surface area (Å²) in [5.74, 6) is 0.693. The van der Waals surface area contributed by atoms with E-state index in [0.29, 0.717) is 17.3 Å². The van der Waals surface area contributed by atoms with Gasteiger partial charge in [0.15, 0.2) is 0 Å². The number of carbonyl (C=O) groups excluding carboxylic acids is 1. The Bertz CT molecular complexity index is 539. The van der Waals surface area contributed by atoms with Crippen molar-refractivity contribution >= 4 is 28.4 Å². The zero-order valence-electron chi connectivity index (χ0n) is 12.8. The normalized spacial score (nSPS) is 22.8. The summed E-state index contributed by atoms with van der Waals surface area (Å²) in [7, 11) is -0.771. The number of hydrogen-bond donors (Lipinski definition) is 2. The van der Waals surface area contributed by atoms with Gasteiger partial charge in [-0.25, -0.2) is 4.79 Å². The standard InChI is InChI=1S/C16H23ClN2O2S/c1-2-22(21)15-8-4-7-14(10-15)19-16(20)18-11-12-5-3-6-13(17)9-12/h3,5-6,9,14-15H,2,4,7-8,10-11H2,1H3,(H2,18,19,20)/t14-,15-,22+/m1/s1. The minimum absolute atomic E-state index is 0.119. The maximum atomic E-state index is 12.0. The summed E-state index contributed by atoms with van der Waals surface area (Å²) in [5, 5.41) is 6.73. The van der Waals surface area contributed by atoms with Crippen LogP contribution >= 0.6 is 11.6 Å². The number of benzene rings is 1. The molecule has 0 heterocycles. The Morgan fingerprint density at radius 3 is 2.95 bits per heavy atom. The Labute approximate surface area is 139 Å². The van der Waals surface area contributed by atoms with Gasteiger partial charge >= 0.3 is 6.03 Å². The van der Waals surface area contributed by atoms with Crippen LogP contribution < -0.4 is 10.6 Å². The predicted molar refractivity (Wildman–Crippen MR) is 91.6 cm³/mol. The van der Waals surface area contributed by atoms with Crippen LogP contribution in [0.4, 0.5) is 4.79 Å². The van der Waals surface area contributed by atoms with E-state index in [-0.39, 0.29) is 17.3 Å². The molecule has 1 aromatic carbocycles. The topological polar surface area (TPSA) is 58.2 Å². The quantitative estimate of drug-likeness (QED) is 0.863. The van der Waals surface area contributed by atoms with Gasteiger partial charge in [-0.2, -0.15) is 0 Å². The minimum atomic E-state index is -0.771. The van der Waals surface area contributed by atoms with E-state index in [1.54, 1.807) is 6.07 Å². The molecule has 0 spiro atoms. The van der Waals surface area contributed by atoms with Gasteiger partial charge in [0.25, 0.3) is 0 Å². The fraction of sp³-hybridized carbons (Fsp3) is 0.562. The van der Waals surface area contributed by atoms with Crippen LogP contribution in [0.2, 0.25) is 5.02 Å². The van der Waals surface area contributed by atoms with E-state index in [1.807, 2.05) is 25.1 Å². The third kappa shape index (κ3) is 5.29. The van der Waals surface area contributed by atoms with Crippen LogP contribution in [-0.2, 0) is 17.3 Å². The second-order valence-electron chi connectivity index (χ2n) is 5.61. The Morgan fingerprint density at radius 2 is 2.23 bits per heavy atom. The molecule has 1 aliphatic carbocycles. The lowest BCUT2D eigenvalue weighted by molar-refractivity contribution is 0.232. The van der Waals surface area contributed by atoms with Crippen molar-refractivity contribution < 1.29 is 9.00 Å². The molecule has 1 aliphatic rings. The van der Waals surface area contributed by atoms with Crippen molar-refractivity contribution in [2.45, 2.75) is 50.4 Å². The van der Waals surface area contributed by atoms with Gasteiger partial charge in [-0.3, -0.25) is 4.21 Å². The summed E-state index contributed by atoms with van der Waals surface area (Å²) in [6, 6.07) is 7.38. The fourth-order valence-electron chi connectivity index (χ4n) is 2.82. The monoisotopic (exact) mass is 342 g/mol. The Morgan fingerprint density at radius 1 is 1.41 bits per heavy atom. The first-order valence-electron chi connectivity index (χ1n) is 7.74. The second-order valence-corrected chi connectivity index (χ2v) is 8.05. The van der Waals surface area contributed by atoms with Gasteiger partial charge in [0.1, 0.15) is 0 Å². The van der Waals surface area contributed by atoms with Gasteiger partial charge in [0.05, 0.1) is 0 Å². The first-order valence-corrected chi connectivity index (χ1v) is 9.50. The first kappa shape index (κ1) is 17.3. The third-order valence-electron chi connectivity index (χ3n) is 3.96. The summed E-state index contributed by atoms with van der Waals surface area (Å²) in [6.45, 7) is 2.40. The summed E-state index contributed by atoms with van der Waals surface area (Å²) < 4.78 is 11.9. The van der Waals surface area contributed by atoms with Crippen molar-refractivity contribution in [2.24, 2.45) is 0 Å². The van der Waals surface area contributed by atoms with Crippen molar-refractivity contribution in [3.05, 3.63) is 34.9 Å². The number of rotatable bonds is 5. The van der Waals surface area contributed by atoms with Crippen molar-refractivity contribution in [3.63, 3.8) is 0 Å². The van der Waals surface area contributed by atoms with Crippen LogP contribution in [-0.4, -0.2) is 27.3 Å². The molecular weight excluding hydrogens is 320 g/mol. The molecule has 122 valence electrons. The fourth-order valence-corrected chi connectivity index (χ4v) is 4.38. The molecule has 2 amide bonds. The maximum absolute atomic E-state index is 12.0. The number of halogens is 1. The molecule has 0 aliphatic heterocycles. The van der Waals surface area contributed by atoms with Crippen LogP contribution in [0.15, 0.2) is 24.3 Å². The summed E-state index contributed by atoms with van der Waals surface area (Å²) in [5.41, 5.74) is 0.969. The Hall–Kier alpha value is -1.07. The Kier molecular flexibility index (Phi) is 6.70. The zero-order valence-corrected chi connectivity index (χ0v) is 14.4. The van der Waals surface area contributed by atoms with Crippen LogP contribution in [0.3, 0.4) is 0 Å². The molecule has 22 heavy (non-hydrogen) atoms. The summed E-state index contributed by atoms with van der Waals surface area (Å²) in [6.07, 6.45) is 3.80. The van der Waals surface area contributed by atoms with Gasteiger partial charge in [0.2, 0.25) is 0 Å². The molecule has 1 aromatic rings. The van der Waals surface area contributed by atoms with Gasteiger partial charge in [-0.1, -0.05) is 37.1 Å². The Balaban J connectivity index is 1.78. The molecule has 0 aromatic heterocycles. The predicted octanol–water partition coefficient (Wildman–Crippen LogP) is 3.22. The minimum Gasteiger partial charge on any atom is -0.335 e. The van der Waals surface area contributed by atoms with Crippen molar-refractivity contribution in [3.8, 4) is 0 Å². The smallest absolute Gasteiger partial charge is 0.315 e. The van der Waals surface area contributed by atoms with E-state index in [4.69, 9.17) is 11.6 Å². The number of amides is 2. The molecule has 2 N–H and O–H groups in total. The molecule has 0 saturated heterocycles.